The molecule has 0 N–H and O–H groups in total. The van der Waals surface area contributed by atoms with Crippen molar-refractivity contribution in [3.8, 4) is 0 Å². The van der Waals surface area contributed by atoms with Crippen LogP contribution in [0.3, 0.4) is 0 Å². The first kappa shape index (κ1) is 14.9. The summed E-state index contributed by atoms with van der Waals surface area (Å²) in [5.74, 6) is 1.31. The molecule has 114 valence electrons. The molecule has 2 aliphatic heterocycles. The molecule has 0 bridgehead atoms. The van der Waals surface area contributed by atoms with Gasteiger partial charge in [0.15, 0.2) is 0 Å². The van der Waals surface area contributed by atoms with Gasteiger partial charge >= 0.3 is 7.12 Å². The highest BCUT2D eigenvalue weighted by Crippen LogP contribution is 2.36. The van der Waals surface area contributed by atoms with Crippen molar-refractivity contribution < 1.29 is 14.0 Å². The molecular weight excluding hydrogens is 267 g/mol. The Morgan fingerprint density at radius 3 is 2.05 bits per heavy atom. The van der Waals surface area contributed by atoms with E-state index in [0.717, 1.165) is 37.3 Å². The van der Waals surface area contributed by atoms with Gasteiger partial charge in [-0.15, -0.1) is 0 Å². The van der Waals surface area contributed by atoms with Gasteiger partial charge in [-0.2, -0.15) is 0 Å². The molecule has 0 unspecified atom stereocenters. The zero-order valence-corrected chi connectivity index (χ0v) is 13.3. The quantitative estimate of drug-likeness (QED) is 0.776. The molecule has 0 spiro atoms. The van der Waals surface area contributed by atoms with Crippen LogP contribution in [0.2, 0.25) is 0 Å². The van der Waals surface area contributed by atoms with E-state index in [1.807, 2.05) is 40.1 Å². The molecule has 21 heavy (non-hydrogen) atoms. The number of ether oxygens (including phenoxy) is 1. The number of hydrogen-bond donors (Lipinski definition) is 0. The first-order chi connectivity index (χ1) is 9.89. The zero-order valence-electron chi connectivity index (χ0n) is 13.3. The normalized spacial score (nSPS) is 25.2. The third-order valence-electron chi connectivity index (χ3n) is 4.80. The van der Waals surface area contributed by atoms with Crippen LogP contribution in [-0.2, 0) is 14.0 Å². The van der Waals surface area contributed by atoms with Crippen molar-refractivity contribution in [3.05, 3.63) is 18.2 Å². The average Bonchev–Trinajstić information content (AvgIpc) is 2.69. The lowest BCUT2D eigenvalue weighted by molar-refractivity contribution is 0.00578. The third-order valence-corrected chi connectivity index (χ3v) is 4.80. The van der Waals surface area contributed by atoms with E-state index in [9.17, 15) is 0 Å². The molecule has 0 saturated carbocycles. The Kier molecular flexibility index (Phi) is 3.80. The van der Waals surface area contributed by atoms with E-state index in [-0.39, 0.29) is 11.2 Å². The summed E-state index contributed by atoms with van der Waals surface area (Å²) >= 11 is 0. The molecule has 0 radical (unpaired) electrons. The van der Waals surface area contributed by atoms with E-state index >= 15 is 0 Å². The number of rotatable bonds is 2. The lowest BCUT2D eigenvalue weighted by Gasteiger charge is -2.32. The summed E-state index contributed by atoms with van der Waals surface area (Å²) in [5.41, 5.74) is 0.207. The van der Waals surface area contributed by atoms with E-state index < -0.39 is 7.12 Å². The zero-order chi connectivity index (χ0) is 15.1. The van der Waals surface area contributed by atoms with Crippen LogP contribution >= 0.6 is 0 Å². The molecule has 2 fully saturated rings. The van der Waals surface area contributed by atoms with Gasteiger partial charge < -0.3 is 14.0 Å². The second-order valence-corrected chi connectivity index (χ2v) is 6.85. The molecule has 1 aromatic heterocycles. The Hall–Kier alpha value is -0.975. The molecule has 3 heterocycles. The smallest absolute Gasteiger partial charge is 0.399 e. The van der Waals surface area contributed by atoms with Crippen LogP contribution in [-0.4, -0.2) is 41.5 Å². The maximum Gasteiger partial charge on any atom is 0.498 e. The van der Waals surface area contributed by atoms with Crippen molar-refractivity contribution in [1.82, 2.24) is 9.97 Å². The second kappa shape index (κ2) is 5.34. The van der Waals surface area contributed by atoms with Gasteiger partial charge in [0.25, 0.3) is 0 Å². The average molecular weight is 290 g/mol. The summed E-state index contributed by atoms with van der Waals surface area (Å²) < 4.78 is 17.4. The largest absolute Gasteiger partial charge is 0.498 e. The van der Waals surface area contributed by atoms with Crippen LogP contribution in [0.1, 0.15) is 52.3 Å². The predicted octanol–water partition coefficient (Wildman–Crippen LogP) is 1.67. The van der Waals surface area contributed by atoms with Crippen molar-refractivity contribution in [1.29, 1.82) is 0 Å². The van der Waals surface area contributed by atoms with Gasteiger partial charge in [0.05, 0.1) is 11.2 Å². The van der Waals surface area contributed by atoms with Crippen LogP contribution in [0, 0.1) is 0 Å². The van der Waals surface area contributed by atoms with Crippen LogP contribution < -0.4 is 5.46 Å². The predicted molar refractivity (Wildman–Crippen MR) is 80.5 cm³/mol. The summed E-state index contributed by atoms with van der Waals surface area (Å²) in [6.07, 6.45) is 5.66. The topological polar surface area (TPSA) is 53.5 Å². The summed E-state index contributed by atoms with van der Waals surface area (Å²) in [7, 11) is -0.390. The van der Waals surface area contributed by atoms with E-state index in [1.165, 1.54) is 0 Å². The van der Waals surface area contributed by atoms with Crippen molar-refractivity contribution >= 4 is 12.6 Å². The summed E-state index contributed by atoms with van der Waals surface area (Å²) in [4.78, 5) is 9.03. The highest BCUT2D eigenvalue weighted by molar-refractivity contribution is 6.61. The lowest BCUT2D eigenvalue weighted by Crippen LogP contribution is -2.41. The van der Waals surface area contributed by atoms with Gasteiger partial charge in [-0.3, -0.25) is 0 Å². The van der Waals surface area contributed by atoms with Gasteiger partial charge in [-0.25, -0.2) is 9.97 Å². The van der Waals surface area contributed by atoms with Crippen LogP contribution in [0.5, 0.6) is 0 Å². The fraction of sp³-hybridized carbons (Fsp3) is 0.733. The molecule has 2 saturated heterocycles. The second-order valence-electron chi connectivity index (χ2n) is 6.85. The Bertz CT molecular complexity index is 482. The fourth-order valence-corrected chi connectivity index (χ4v) is 2.62. The SMILES string of the molecule is CC1(C)OB(c2cnc(C3CCOCC3)nc2)OC1(C)C. The Labute approximate surface area is 126 Å². The van der Waals surface area contributed by atoms with Crippen molar-refractivity contribution in [2.24, 2.45) is 0 Å². The van der Waals surface area contributed by atoms with Gasteiger partial charge in [-0.05, 0) is 40.5 Å². The first-order valence-corrected chi connectivity index (χ1v) is 7.64. The standard InChI is InChI=1S/C15H23BN2O3/c1-14(2)15(3,4)21-16(20-14)12-9-17-13(18-10-12)11-5-7-19-8-6-11/h9-11H,5-8H2,1-4H3. The molecule has 0 aromatic carbocycles. The number of hydrogen-bond acceptors (Lipinski definition) is 5. The minimum absolute atomic E-state index is 0.336. The maximum absolute atomic E-state index is 6.01. The number of aromatic nitrogens is 2. The van der Waals surface area contributed by atoms with Crippen molar-refractivity contribution in [2.75, 3.05) is 13.2 Å². The summed E-state index contributed by atoms with van der Waals surface area (Å²) in [6.45, 7) is 9.78. The minimum atomic E-state index is -0.390. The Morgan fingerprint density at radius 2 is 1.52 bits per heavy atom. The van der Waals surface area contributed by atoms with E-state index in [2.05, 4.69) is 9.97 Å². The van der Waals surface area contributed by atoms with Gasteiger partial charge in [0.2, 0.25) is 0 Å². The number of nitrogens with zero attached hydrogens (tertiary/aromatic N) is 2. The fourth-order valence-electron chi connectivity index (χ4n) is 2.62. The lowest BCUT2D eigenvalue weighted by atomic mass is 9.81. The molecule has 0 aliphatic carbocycles. The van der Waals surface area contributed by atoms with E-state index in [1.54, 1.807) is 0 Å². The van der Waals surface area contributed by atoms with Crippen LogP contribution in [0.15, 0.2) is 12.4 Å². The summed E-state index contributed by atoms with van der Waals surface area (Å²) in [6, 6.07) is 0. The molecule has 1 aromatic rings. The molecule has 3 rings (SSSR count). The Morgan fingerprint density at radius 1 is 1.00 bits per heavy atom. The molecule has 6 heteroatoms. The molecule has 0 atom stereocenters. The van der Waals surface area contributed by atoms with Crippen LogP contribution in [0.4, 0.5) is 0 Å². The molecular formula is C15H23BN2O3. The molecule has 5 nitrogen and oxygen atoms in total. The monoisotopic (exact) mass is 290 g/mol. The van der Waals surface area contributed by atoms with Crippen molar-refractivity contribution in [3.63, 3.8) is 0 Å². The van der Waals surface area contributed by atoms with Gasteiger partial charge in [-0.1, -0.05) is 0 Å². The van der Waals surface area contributed by atoms with Gasteiger partial charge in [0, 0.05) is 37.0 Å². The van der Waals surface area contributed by atoms with E-state index in [4.69, 9.17) is 14.0 Å². The molecule has 2 aliphatic rings. The van der Waals surface area contributed by atoms with E-state index in [0.29, 0.717) is 5.92 Å². The summed E-state index contributed by atoms with van der Waals surface area (Å²) in [5, 5.41) is 0. The maximum atomic E-state index is 6.01. The highest BCUT2D eigenvalue weighted by Gasteiger charge is 2.51. The first-order valence-electron chi connectivity index (χ1n) is 7.64. The van der Waals surface area contributed by atoms with Crippen LogP contribution in [0.25, 0.3) is 0 Å². The van der Waals surface area contributed by atoms with Gasteiger partial charge in [0.1, 0.15) is 5.82 Å². The third kappa shape index (κ3) is 2.85. The minimum Gasteiger partial charge on any atom is -0.399 e. The Balaban J connectivity index is 1.73. The highest BCUT2D eigenvalue weighted by atomic mass is 16.7. The van der Waals surface area contributed by atoms with Crippen molar-refractivity contribution in [2.45, 2.75) is 57.7 Å². The molecule has 0 amide bonds.